The molecule has 0 aromatic carbocycles. The Labute approximate surface area is 89.9 Å². The monoisotopic (exact) mass is 219 g/mol. The smallest absolute Gasteiger partial charge is 0.134 e. The minimum atomic E-state index is -0.258. The van der Waals surface area contributed by atoms with E-state index in [0.717, 1.165) is 4.32 Å². The number of carbonyl (C=O) groups excluding carboxylic acids is 1. The second-order valence-corrected chi connectivity index (χ2v) is 5.15. The van der Waals surface area contributed by atoms with E-state index in [4.69, 9.17) is 12.2 Å². The molecule has 0 saturated carbocycles. The highest BCUT2D eigenvalue weighted by Crippen LogP contribution is 2.18. The summed E-state index contributed by atoms with van der Waals surface area (Å²) in [7, 11) is 0. The van der Waals surface area contributed by atoms with Crippen molar-refractivity contribution in [1.82, 2.24) is 5.32 Å². The first kappa shape index (κ1) is 12.9. The van der Waals surface area contributed by atoms with Gasteiger partial charge >= 0.3 is 0 Å². The quantitative estimate of drug-likeness (QED) is 0.737. The number of hydrogen-bond donors (Lipinski definition) is 1. The van der Waals surface area contributed by atoms with Gasteiger partial charge in [-0.25, -0.2) is 0 Å². The fourth-order valence-corrected chi connectivity index (χ4v) is 1.56. The maximum Gasteiger partial charge on any atom is 0.134 e. The van der Waals surface area contributed by atoms with Gasteiger partial charge in [0.15, 0.2) is 0 Å². The summed E-state index contributed by atoms with van der Waals surface area (Å²) in [5.41, 5.74) is -0.258. The highest BCUT2D eigenvalue weighted by atomic mass is 32.2. The second-order valence-electron chi connectivity index (χ2n) is 3.67. The minimum Gasteiger partial charge on any atom is -0.365 e. The standard InChI is InChI=1S/C9H17NOS2/c1-6(7(2)11)9(3,4)10-8(12)13-5/h6H,1-5H3,(H,10,12). The van der Waals surface area contributed by atoms with Crippen LogP contribution < -0.4 is 5.32 Å². The molecule has 0 saturated heterocycles. The van der Waals surface area contributed by atoms with Crippen LogP contribution in [0.1, 0.15) is 27.7 Å². The third-order valence-electron chi connectivity index (χ3n) is 2.30. The van der Waals surface area contributed by atoms with E-state index in [-0.39, 0.29) is 17.2 Å². The fourth-order valence-electron chi connectivity index (χ4n) is 0.930. The Balaban J connectivity index is 4.38. The molecule has 0 spiro atoms. The Morgan fingerprint density at radius 2 is 2.00 bits per heavy atom. The molecule has 0 amide bonds. The molecular formula is C9H17NOS2. The van der Waals surface area contributed by atoms with E-state index in [0.29, 0.717) is 0 Å². The van der Waals surface area contributed by atoms with Crippen LogP contribution in [0.15, 0.2) is 0 Å². The molecule has 0 aromatic heterocycles. The van der Waals surface area contributed by atoms with Crippen molar-refractivity contribution < 1.29 is 4.79 Å². The zero-order valence-electron chi connectivity index (χ0n) is 8.80. The van der Waals surface area contributed by atoms with Crippen LogP contribution in [0.4, 0.5) is 0 Å². The van der Waals surface area contributed by atoms with E-state index >= 15 is 0 Å². The van der Waals surface area contributed by atoms with Gasteiger partial charge in [-0.2, -0.15) is 0 Å². The molecule has 1 atom stereocenters. The molecule has 0 radical (unpaired) electrons. The molecule has 0 aliphatic carbocycles. The zero-order valence-corrected chi connectivity index (χ0v) is 10.4. The van der Waals surface area contributed by atoms with Crippen molar-refractivity contribution in [2.75, 3.05) is 6.26 Å². The van der Waals surface area contributed by atoms with Crippen LogP contribution >= 0.6 is 24.0 Å². The largest absolute Gasteiger partial charge is 0.365 e. The van der Waals surface area contributed by atoms with Gasteiger partial charge in [0.1, 0.15) is 10.1 Å². The molecule has 1 N–H and O–H groups in total. The van der Waals surface area contributed by atoms with Gasteiger partial charge < -0.3 is 5.32 Å². The summed E-state index contributed by atoms with van der Waals surface area (Å²) in [5.74, 6) is 0.152. The average Bonchev–Trinajstić information content (AvgIpc) is 2.01. The molecule has 2 nitrogen and oxygen atoms in total. The van der Waals surface area contributed by atoms with Crippen molar-refractivity contribution in [1.29, 1.82) is 0 Å². The maximum absolute atomic E-state index is 11.2. The zero-order chi connectivity index (χ0) is 10.6. The van der Waals surface area contributed by atoms with Crippen molar-refractivity contribution in [3.8, 4) is 0 Å². The van der Waals surface area contributed by atoms with Crippen molar-refractivity contribution in [2.24, 2.45) is 5.92 Å². The normalized spacial score (nSPS) is 13.6. The van der Waals surface area contributed by atoms with Crippen LogP contribution in [0.2, 0.25) is 0 Å². The van der Waals surface area contributed by atoms with Gasteiger partial charge in [0.05, 0.1) is 0 Å². The first-order valence-electron chi connectivity index (χ1n) is 4.18. The first-order chi connectivity index (χ1) is 5.81. The van der Waals surface area contributed by atoms with Crippen LogP contribution in [0, 0.1) is 5.92 Å². The summed E-state index contributed by atoms with van der Waals surface area (Å²) in [4.78, 5) is 11.2. The van der Waals surface area contributed by atoms with Crippen molar-refractivity contribution in [3.63, 3.8) is 0 Å². The molecule has 0 aromatic rings. The summed E-state index contributed by atoms with van der Waals surface area (Å²) < 4.78 is 0.734. The Kier molecular flexibility index (Phi) is 4.92. The predicted octanol–water partition coefficient (Wildman–Crippen LogP) is 2.23. The average molecular weight is 219 g/mol. The maximum atomic E-state index is 11.2. The molecule has 13 heavy (non-hydrogen) atoms. The lowest BCUT2D eigenvalue weighted by atomic mass is 9.86. The Hall–Kier alpha value is -0.0900. The van der Waals surface area contributed by atoms with E-state index < -0.39 is 0 Å². The summed E-state index contributed by atoms with van der Waals surface area (Å²) in [6.07, 6.45) is 1.92. The molecule has 0 bridgehead atoms. The van der Waals surface area contributed by atoms with Gasteiger partial charge in [0.25, 0.3) is 0 Å². The number of carbonyl (C=O) groups is 1. The van der Waals surface area contributed by atoms with Crippen molar-refractivity contribution >= 4 is 34.1 Å². The lowest BCUT2D eigenvalue weighted by Gasteiger charge is -2.32. The molecular weight excluding hydrogens is 202 g/mol. The topological polar surface area (TPSA) is 29.1 Å². The van der Waals surface area contributed by atoms with E-state index in [9.17, 15) is 4.79 Å². The van der Waals surface area contributed by atoms with Crippen LogP contribution in [-0.2, 0) is 4.79 Å². The molecule has 0 aliphatic heterocycles. The molecule has 1 unspecified atom stereocenters. The van der Waals surface area contributed by atoms with Crippen LogP contribution in [0.3, 0.4) is 0 Å². The molecule has 4 heteroatoms. The summed E-state index contributed by atoms with van der Waals surface area (Å²) in [6, 6.07) is 0. The molecule has 0 fully saturated rings. The number of thiocarbonyl (C=S) groups is 1. The van der Waals surface area contributed by atoms with Crippen LogP contribution in [-0.4, -0.2) is 21.9 Å². The SMILES string of the molecule is CSC(=S)NC(C)(C)C(C)C(C)=O. The van der Waals surface area contributed by atoms with Crippen molar-refractivity contribution in [3.05, 3.63) is 0 Å². The number of thioether (sulfide) groups is 1. The molecule has 0 heterocycles. The van der Waals surface area contributed by atoms with Crippen LogP contribution in [0.5, 0.6) is 0 Å². The molecule has 0 aliphatic rings. The number of hydrogen-bond acceptors (Lipinski definition) is 3. The van der Waals surface area contributed by atoms with Gasteiger partial charge in [0.2, 0.25) is 0 Å². The third-order valence-corrected chi connectivity index (χ3v) is 3.38. The minimum absolute atomic E-state index is 0.0300. The third kappa shape index (κ3) is 4.09. The number of nitrogens with one attached hydrogen (secondary N) is 1. The Bertz CT molecular complexity index is 214. The lowest BCUT2D eigenvalue weighted by molar-refractivity contribution is -0.122. The highest BCUT2D eigenvalue weighted by Gasteiger charge is 2.29. The van der Waals surface area contributed by atoms with Gasteiger partial charge in [-0.1, -0.05) is 19.1 Å². The van der Waals surface area contributed by atoms with Gasteiger partial charge in [-0.05, 0) is 27.0 Å². The van der Waals surface area contributed by atoms with E-state index in [1.165, 1.54) is 11.8 Å². The summed E-state index contributed by atoms with van der Waals surface area (Å²) in [6.45, 7) is 7.50. The number of Topliss-reactive ketones (excluding diaryl/α,β-unsaturated/α-hetero) is 1. The first-order valence-corrected chi connectivity index (χ1v) is 5.81. The number of ketones is 1. The molecule has 0 rings (SSSR count). The summed E-state index contributed by atoms with van der Waals surface area (Å²) >= 11 is 6.54. The lowest BCUT2D eigenvalue weighted by Crippen LogP contribution is -2.48. The van der Waals surface area contributed by atoms with Gasteiger partial charge in [-0.3, -0.25) is 4.79 Å². The summed E-state index contributed by atoms with van der Waals surface area (Å²) in [5, 5.41) is 3.16. The van der Waals surface area contributed by atoms with Gasteiger partial charge in [-0.15, -0.1) is 11.8 Å². The predicted molar refractivity (Wildman–Crippen MR) is 63.2 cm³/mol. The molecule has 76 valence electrons. The number of rotatable bonds is 3. The van der Waals surface area contributed by atoms with Gasteiger partial charge in [0, 0.05) is 11.5 Å². The Morgan fingerprint density at radius 3 is 2.31 bits per heavy atom. The Morgan fingerprint density at radius 1 is 1.54 bits per heavy atom. The fraction of sp³-hybridized carbons (Fsp3) is 0.778. The highest BCUT2D eigenvalue weighted by molar-refractivity contribution is 8.22. The van der Waals surface area contributed by atoms with Crippen LogP contribution in [0.25, 0.3) is 0 Å². The van der Waals surface area contributed by atoms with E-state index in [2.05, 4.69) is 5.32 Å². The second kappa shape index (κ2) is 4.96. The van der Waals surface area contributed by atoms with E-state index in [1.807, 2.05) is 27.0 Å². The van der Waals surface area contributed by atoms with Crippen molar-refractivity contribution in [2.45, 2.75) is 33.2 Å². The van der Waals surface area contributed by atoms with E-state index in [1.54, 1.807) is 6.92 Å².